The molecule has 0 saturated heterocycles. The maximum Gasteiger partial charge on any atom is 0.137 e. The van der Waals surface area contributed by atoms with Gasteiger partial charge in [-0.25, -0.2) is 0 Å². The third-order valence-corrected chi connectivity index (χ3v) is 1.84. The smallest absolute Gasteiger partial charge is 0.137 e. The van der Waals surface area contributed by atoms with Crippen molar-refractivity contribution in [2.24, 2.45) is 0 Å². The van der Waals surface area contributed by atoms with Crippen molar-refractivity contribution in [3.63, 3.8) is 0 Å². The van der Waals surface area contributed by atoms with E-state index in [1.165, 1.54) is 0 Å². The van der Waals surface area contributed by atoms with Gasteiger partial charge in [-0.15, -0.1) is 0 Å². The van der Waals surface area contributed by atoms with Crippen LogP contribution in [0, 0.1) is 0 Å². The second-order valence-electron chi connectivity index (χ2n) is 3.16. The van der Waals surface area contributed by atoms with Crippen LogP contribution in [0.2, 0.25) is 0 Å². The fourth-order valence-corrected chi connectivity index (χ4v) is 1.24. The van der Waals surface area contributed by atoms with Crippen LogP contribution in [0.15, 0.2) is 30.3 Å². The number of rotatable bonds is 0. The Morgan fingerprint density at radius 3 is 2.92 bits per heavy atom. The largest absolute Gasteiger partial charge is 0.493 e. The van der Waals surface area contributed by atoms with Crippen LogP contribution < -0.4 is 4.74 Å². The minimum Gasteiger partial charge on any atom is -0.493 e. The molecule has 1 atom stereocenters. The highest BCUT2D eigenvalue weighted by Crippen LogP contribution is 2.28. The van der Waals surface area contributed by atoms with Crippen molar-refractivity contribution in [3.8, 4) is 5.75 Å². The summed E-state index contributed by atoms with van der Waals surface area (Å²) in [5, 5.41) is 0. The first-order valence-corrected chi connectivity index (χ1v) is 3.93. The van der Waals surface area contributed by atoms with Crippen LogP contribution in [0.1, 0.15) is 12.5 Å². The number of ether oxygens (including phenoxy) is 1. The summed E-state index contributed by atoms with van der Waals surface area (Å²) >= 11 is 0. The van der Waals surface area contributed by atoms with Crippen LogP contribution in [0.4, 0.5) is 0 Å². The van der Waals surface area contributed by atoms with Crippen LogP contribution in [0.25, 0.3) is 6.08 Å². The number of hydrogen-bond acceptors (Lipinski definition) is 1. The molecule has 0 saturated carbocycles. The Labute approximate surface area is 73.5 Å². The molecule has 1 unspecified atom stereocenters. The summed E-state index contributed by atoms with van der Waals surface area (Å²) in [5.74, 6) is 0.852. The van der Waals surface area contributed by atoms with Crippen molar-refractivity contribution in [2.75, 3.05) is 0 Å². The average Bonchev–Trinajstić information content (AvgIpc) is 2.02. The van der Waals surface area contributed by atoms with Gasteiger partial charge < -0.3 is 4.74 Å². The van der Waals surface area contributed by atoms with Gasteiger partial charge in [0.1, 0.15) is 13.6 Å². The van der Waals surface area contributed by atoms with Crippen molar-refractivity contribution >= 4 is 13.9 Å². The predicted octanol–water partition coefficient (Wildman–Crippen LogP) is 1.98. The molecule has 1 aromatic carbocycles. The standard InChI is InChI=1S/C10H9BO/c1-10(11)7-6-8-4-2-3-5-9(8)12-10/h2-7H,1H3. The fourth-order valence-electron chi connectivity index (χ4n) is 1.24. The number of fused-ring (bicyclic) bond motifs is 1. The van der Waals surface area contributed by atoms with Gasteiger partial charge >= 0.3 is 0 Å². The molecule has 1 heterocycles. The third kappa shape index (κ3) is 1.25. The second kappa shape index (κ2) is 2.41. The molecule has 0 aromatic heterocycles. The van der Waals surface area contributed by atoms with E-state index in [9.17, 15) is 0 Å². The summed E-state index contributed by atoms with van der Waals surface area (Å²) in [6.07, 6.45) is 3.84. The minimum atomic E-state index is -0.658. The Bertz CT molecular complexity index is 328. The molecule has 1 aliphatic heterocycles. The van der Waals surface area contributed by atoms with Gasteiger partial charge in [0.25, 0.3) is 0 Å². The molecular formula is C10H9BO. The molecule has 58 valence electrons. The first-order chi connectivity index (χ1) is 5.67. The lowest BCUT2D eigenvalue weighted by Crippen LogP contribution is -2.31. The summed E-state index contributed by atoms with van der Waals surface area (Å²) in [4.78, 5) is 0. The van der Waals surface area contributed by atoms with E-state index in [-0.39, 0.29) is 0 Å². The molecule has 1 aliphatic rings. The highest BCUT2D eigenvalue weighted by molar-refractivity contribution is 6.16. The number of benzene rings is 1. The highest BCUT2D eigenvalue weighted by atomic mass is 16.5. The van der Waals surface area contributed by atoms with E-state index in [1.807, 2.05) is 43.3 Å². The van der Waals surface area contributed by atoms with Crippen LogP contribution >= 0.6 is 0 Å². The molecule has 2 radical (unpaired) electrons. The fraction of sp³-hybridized carbons (Fsp3) is 0.200. The Balaban J connectivity index is 2.46. The Hall–Kier alpha value is -1.18. The maximum absolute atomic E-state index is 5.78. The van der Waals surface area contributed by atoms with Gasteiger partial charge in [0.15, 0.2) is 0 Å². The van der Waals surface area contributed by atoms with Gasteiger partial charge in [0.05, 0.1) is 5.50 Å². The van der Waals surface area contributed by atoms with Gasteiger partial charge in [-0.1, -0.05) is 30.4 Å². The molecule has 0 bridgehead atoms. The molecule has 0 amide bonds. The molecular weight excluding hydrogens is 147 g/mol. The van der Waals surface area contributed by atoms with E-state index in [2.05, 4.69) is 0 Å². The lowest BCUT2D eigenvalue weighted by molar-refractivity contribution is 0.224. The molecule has 0 aliphatic carbocycles. The molecule has 12 heavy (non-hydrogen) atoms. The van der Waals surface area contributed by atoms with Gasteiger partial charge in [-0.3, -0.25) is 0 Å². The van der Waals surface area contributed by atoms with E-state index in [0.717, 1.165) is 11.3 Å². The summed E-state index contributed by atoms with van der Waals surface area (Å²) in [6, 6.07) is 7.84. The topological polar surface area (TPSA) is 9.23 Å². The lowest BCUT2D eigenvalue weighted by atomic mass is 9.81. The van der Waals surface area contributed by atoms with Gasteiger partial charge in [0, 0.05) is 5.56 Å². The van der Waals surface area contributed by atoms with Crippen molar-refractivity contribution < 1.29 is 4.74 Å². The van der Waals surface area contributed by atoms with E-state index in [1.54, 1.807) is 0 Å². The summed E-state index contributed by atoms with van der Waals surface area (Å²) in [5.41, 5.74) is 0.425. The van der Waals surface area contributed by atoms with E-state index >= 15 is 0 Å². The molecule has 0 N–H and O–H groups in total. The number of hydrogen-bond donors (Lipinski definition) is 0. The first kappa shape index (κ1) is 7.47. The van der Waals surface area contributed by atoms with Gasteiger partial charge in [0.2, 0.25) is 0 Å². The van der Waals surface area contributed by atoms with Crippen LogP contribution in [0.3, 0.4) is 0 Å². The van der Waals surface area contributed by atoms with E-state index in [0.29, 0.717) is 0 Å². The molecule has 2 heteroatoms. The molecule has 0 spiro atoms. The zero-order valence-electron chi connectivity index (χ0n) is 6.95. The van der Waals surface area contributed by atoms with Crippen molar-refractivity contribution in [2.45, 2.75) is 12.4 Å². The van der Waals surface area contributed by atoms with Crippen molar-refractivity contribution in [3.05, 3.63) is 35.9 Å². The maximum atomic E-state index is 5.78. The lowest BCUT2D eigenvalue weighted by Gasteiger charge is -2.28. The SMILES string of the molecule is [B]C1(C)C=Cc2ccccc2O1. The normalized spacial score (nSPS) is 26.1. The summed E-state index contributed by atoms with van der Waals surface area (Å²) < 4.78 is 5.51. The van der Waals surface area contributed by atoms with Crippen molar-refractivity contribution in [1.29, 1.82) is 0 Å². The quantitative estimate of drug-likeness (QED) is 0.521. The Morgan fingerprint density at radius 1 is 1.33 bits per heavy atom. The number of para-hydroxylation sites is 1. The molecule has 2 rings (SSSR count). The minimum absolute atomic E-state index is 0.658. The first-order valence-electron chi connectivity index (χ1n) is 3.93. The Morgan fingerprint density at radius 2 is 2.08 bits per heavy atom. The van der Waals surface area contributed by atoms with Crippen LogP contribution in [-0.4, -0.2) is 13.3 Å². The summed E-state index contributed by atoms with van der Waals surface area (Å²) in [6.45, 7) is 1.83. The van der Waals surface area contributed by atoms with Crippen LogP contribution in [-0.2, 0) is 0 Å². The zero-order valence-corrected chi connectivity index (χ0v) is 6.95. The van der Waals surface area contributed by atoms with E-state index < -0.39 is 5.50 Å². The van der Waals surface area contributed by atoms with E-state index in [4.69, 9.17) is 12.6 Å². The van der Waals surface area contributed by atoms with Crippen molar-refractivity contribution in [1.82, 2.24) is 0 Å². The Kier molecular flexibility index (Phi) is 1.50. The molecule has 1 aromatic rings. The summed E-state index contributed by atoms with van der Waals surface area (Å²) in [7, 11) is 5.78. The predicted molar refractivity (Wildman–Crippen MR) is 50.3 cm³/mol. The zero-order chi connectivity index (χ0) is 8.60. The van der Waals surface area contributed by atoms with Gasteiger partial charge in [-0.2, -0.15) is 0 Å². The second-order valence-corrected chi connectivity index (χ2v) is 3.16. The molecule has 0 fully saturated rings. The molecule has 1 nitrogen and oxygen atoms in total. The average molecular weight is 156 g/mol. The monoisotopic (exact) mass is 156 g/mol. The van der Waals surface area contributed by atoms with Gasteiger partial charge in [-0.05, 0) is 13.0 Å². The van der Waals surface area contributed by atoms with Crippen LogP contribution in [0.5, 0.6) is 5.75 Å². The third-order valence-electron chi connectivity index (χ3n) is 1.84. The highest BCUT2D eigenvalue weighted by Gasteiger charge is 2.19.